The van der Waals surface area contributed by atoms with E-state index < -0.39 is 5.25 Å². The second-order valence-electron chi connectivity index (χ2n) is 7.03. The van der Waals surface area contributed by atoms with Gasteiger partial charge in [-0.15, -0.1) is 10.2 Å². The molecule has 0 radical (unpaired) electrons. The van der Waals surface area contributed by atoms with E-state index in [0.29, 0.717) is 33.3 Å². The van der Waals surface area contributed by atoms with Crippen molar-refractivity contribution in [1.29, 1.82) is 0 Å². The molecule has 1 atom stereocenters. The van der Waals surface area contributed by atoms with Crippen molar-refractivity contribution in [2.75, 3.05) is 24.4 Å². The Hall–Kier alpha value is -3.56. The van der Waals surface area contributed by atoms with Gasteiger partial charge in [-0.05, 0) is 36.8 Å². The second-order valence-corrected chi connectivity index (χ2v) is 9.36. The van der Waals surface area contributed by atoms with E-state index in [4.69, 9.17) is 9.47 Å². The van der Waals surface area contributed by atoms with Crippen LogP contribution in [0.3, 0.4) is 0 Å². The smallest absolute Gasteiger partial charge is 0.242 e. The van der Waals surface area contributed by atoms with Crippen molar-refractivity contribution in [2.45, 2.75) is 16.5 Å². The van der Waals surface area contributed by atoms with E-state index in [-0.39, 0.29) is 5.91 Å². The van der Waals surface area contributed by atoms with Crippen molar-refractivity contribution in [1.82, 2.24) is 10.2 Å². The van der Waals surface area contributed by atoms with Crippen LogP contribution in [0, 0.1) is 0 Å². The highest BCUT2D eigenvalue weighted by atomic mass is 32.2. The molecule has 0 aliphatic rings. The molecule has 174 valence electrons. The van der Waals surface area contributed by atoms with Crippen LogP contribution >= 0.6 is 23.1 Å². The maximum Gasteiger partial charge on any atom is 0.242 e. The highest BCUT2D eigenvalue weighted by molar-refractivity contribution is 8.02. The third-order valence-corrected chi connectivity index (χ3v) is 6.94. The van der Waals surface area contributed by atoms with Crippen molar-refractivity contribution in [2.24, 2.45) is 0 Å². The van der Waals surface area contributed by atoms with Gasteiger partial charge in [-0.3, -0.25) is 4.79 Å². The monoisotopic (exact) mass is 492 g/mol. The number of ether oxygens (including phenoxy) is 2. The van der Waals surface area contributed by atoms with Crippen LogP contribution in [0.1, 0.15) is 17.7 Å². The van der Waals surface area contributed by atoms with Crippen LogP contribution in [-0.2, 0) is 4.79 Å². The number of hydrogen-bond acceptors (Lipinski definition) is 8. The fourth-order valence-electron chi connectivity index (χ4n) is 3.22. The summed E-state index contributed by atoms with van der Waals surface area (Å²) in [6, 6.07) is 24.6. The first-order valence-corrected chi connectivity index (χ1v) is 12.4. The number of aromatic nitrogens is 2. The summed E-state index contributed by atoms with van der Waals surface area (Å²) in [5.74, 6) is 1.17. The molecule has 0 aliphatic carbocycles. The number of amides is 1. The molecule has 0 spiro atoms. The second kappa shape index (κ2) is 11.5. The maximum absolute atomic E-state index is 13.4. The van der Waals surface area contributed by atoms with Gasteiger partial charge in [0.1, 0.15) is 16.7 Å². The molecule has 9 heteroatoms. The zero-order chi connectivity index (χ0) is 23.8. The first-order valence-electron chi connectivity index (χ1n) is 10.7. The van der Waals surface area contributed by atoms with Crippen LogP contribution in [0.2, 0.25) is 0 Å². The lowest BCUT2D eigenvalue weighted by molar-refractivity contribution is -0.115. The summed E-state index contributed by atoms with van der Waals surface area (Å²) in [5.41, 5.74) is 2.29. The Morgan fingerprint density at radius 2 is 1.62 bits per heavy atom. The minimum atomic E-state index is -0.525. The Balaban J connectivity index is 1.54. The Kier molecular flexibility index (Phi) is 8.00. The van der Waals surface area contributed by atoms with Gasteiger partial charge in [-0.1, -0.05) is 77.7 Å². The molecular formula is C25H24N4O3S2. The number of carbonyl (C=O) groups is 1. The molecule has 0 saturated heterocycles. The van der Waals surface area contributed by atoms with E-state index in [1.54, 1.807) is 7.11 Å². The zero-order valence-corrected chi connectivity index (χ0v) is 20.4. The number of hydrogen-bond donors (Lipinski definition) is 2. The third-order valence-electron chi connectivity index (χ3n) is 4.76. The maximum atomic E-state index is 13.4. The molecule has 0 fully saturated rings. The zero-order valence-electron chi connectivity index (χ0n) is 18.7. The summed E-state index contributed by atoms with van der Waals surface area (Å²) < 4.78 is 11.7. The van der Waals surface area contributed by atoms with Gasteiger partial charge >= 0.3 is 0 Å². The molecule has 4 rings (SSSR count). The van der Waals surface area contributed by atoms with Crippen LogP contribution < -0.4 is 20.1 Å². The highest BCUT2D eigenvalue weighted by Gasteiger charge is 2.25. The van der Waals surface area contributed by atoms with E-state index in [9.17, 15) is 4.79 Å². The van der Waals surface area contributed by atoms with Crippen molar-refractivity contribution in [3.05, 3.63) is 84.4 Å². The molecule has 0 bridgehead atoms. The number of nitrogens with one attached hydrogen (secondary N) is 2. The Bertz CT molecular complexity index is 1230. The summed E-state index contributed by atoms with van der Waals surface area (Å²) in [4.78, 5) is 13.4. The number of benzene rings is 3. The predicted molar refractivity (Wildman–Crippen MR) is 137 cm³/mol. The normalized spacial score (nSPS) is 11.5. The van der Waals surface area contributed by atoms with Crippen LogP contribution in [0.5, 0.6) is 11.5 Å². The first kappa shape index (κ1) is 23.6. The van der Waals surface area contributed by atoms with Gasteiger partial charge in [0, 0.05) is 0 Å². The minimum absolute atomic E-state index is 0.169. The Labute approximate surface area is 206 Å². The van der Waals surface area contributed by atoms with Crippen molar-refractivity contribution >= 4 is 45.5 Å². The summed E-state index contributed by atoms with van der Waals surface area (Å²) in [5, 5.41) is 14.9. The number of thioether (sulfide) groups is 1. The van der Waals surface area contributed by atoms with Gasteiger partial charge in [-0.2, -0.15) is 0 Å². The fourth-order valence-corrected chi connectivity index (χ4v) is 5.18. The lowest BCUT2D eigenvalue weighted by Gasteiger charge is -2.17. The summed E-state index contributed by atoms with van der Waals surface area (Å²) in [7, 11) is 1.62. The number of carbonyl (C=O) groups excluding carboxylic acids is 1. The van der Waals surface area contributed by atoms with E-state index >= 15 is 0 Å². The topological polar surface area (TPSA) is 85.4 Å². The van der Waals surface area contributed by atoms with Gasteiger partial charge < -0.3 is 20.1 Å². The number of anilines is 3. The van der Waals surface area contributed by atoms with Crippen LogP contribution in [0.15, 0.2) is 83.2 Å². The van der Waals surface area contributed by atoms with Crippen LogP contribution in [0.25, 0.3) is 0 Å². The highest BCUT2D eigenvalue weighted by Crippen LogP contribution is 2.40. The molecule has 2 N–H and O–H groups in total. The van der Waals surface area contributed by atoms with Crippen molar-refractivity contribution < 1.29 is 14.3 Å². The quantitative estimate of drug-likeness (QED) is 0.256. The van der Waals surface area contributed by atoms with Gasteiger partial charge in [0.15, 0.2) is 4.34 Å². The molecule has 7 nitrogen and oxygen atoms in total. The molecule has 4 aromatic rings. The van der Waals surface area contributed by atoms with E-state index in [2.05, 4.69) is 20.8 Å². The molecule has 1 aromatic heterocycles. The fraction of sp³-hybridized carbons (Fsp3) is 0.160. The Morgan fingerprint density at radius 1 is 0.941 bits per heavy atom. The van der Waals surface area contributed by atoms with Crippen molar-refractivity contribution in [3.8, 4) is 11.5 Å². The number of nitrogens with zero attached hydrogens (tertiary/aromatic N) is 2. The molecule has 3 aromatic carbocycles. The molecule has 1 heterocycles. The number of rotatable bonds is 10. The third kappa shape index (κ3) is 5.86. The lowest BCUT2D eigenvalue weighted by atomic mass is 10.1. The Morgan fingerprint density at radius 3 is 2.35 bits per heavy atom. The van der Waals surface area contributed by atoms with Crippen LogP contribution in [0.4, 0.5) is 16.5 Å². The average Bonchev–Trinajstić information content (AvgIpc) is 3.31. The minimum Gasteiger partial charge on any atom is -0.495 e. The first-order chi connectivity index (χ1) is 16.7. The van der Waals surface area contributed by atoms with Gasteiger partial charge in [0.2, 0.25) is 11.0 Å². The van der Waals surface area contributed by atoms with Crippen LogP contribution in [-0.4, -0.2) is 29.8 Å². The molecule has 0 saturated carbocycles. The van der Waals surface area contributed by atoms with E-state index in [0.717, 1.165) is 11.3 Å². The molecular weight excluding hydrogens is 468 g/mol. The summed E-state index contributed by atoms with van der Waals surface area (Å²) in [6.45, 7) is 2.42. The SMILES string of the molecule is CCOc1ccccc1NC(=O)C(Sc1nnc(Nc2ccccc2OC)s1)c1ccccc1. The standard InChI is InChI=1S/C25H24N4O3S2/c1-3-32-21-16-10-8-14-19(21)26-23(30)22(17-11-5-4-6-12-17)33-25-29-28-24(34-25)27-18-13-7-9-15-20(18)31-2/h4-16,22H,3H2,1-2H3,(H,26,30)(H,27,28). The molecule has 1 unspecified atom stereocenters. The van der Waals surface area contributed by atoms with Gasteiger partial charge in [-0.25, -0.2) is 0 Å². The van der Waals surface area contributed by atoms with Gasteiger partial charge in [0.25, 0.3) is 0 Å². The van der Waals surface area contributed by atoms with E-state index in [1.165, 1.54) is 23.1 Å². The van der Waals surface area contributed by atoms with E-state index in [1.807, 2.05) is 85.8 Å². The number of methoxy groups -OCH3 is 1. The summed E-state index contributed by atoms with van der Waals surface area (Å²) in [6.07, 6.45) is 0. The molecule has 1 amide bonds. The molecule has 0 aliphatic heterocycles. The van der Waals surface area contributed by atoms with Gasteiger partial charge in [0.05, 0.1) is 25.1 Å². The average molecular weight is 493 g/mol. The molecule has 34 heavy (non-hydrogen) atoms. The van der Waals surface area contributed by atoms with Crippen molar-refractivity contribution in [3.63, 3.8) is 0 Å². The largest absolute Gasteiger partial charge is 0.495 e. The predicted octanol–water partition coefficient (Wildman–Crippen LogP) is 6.16. The lowest BCUT2D eigenvalue weighted by Crippen LogP contribution is -2.19. The number of para-hydroxylation sites is 4. The summed E-state index contributed by atoms with van der Waals surface area (Å²) >= 11 is 2.72.